The molecule has 0 aromatic heterocycles. The first-order chi connectivity index (χ1) is 12.4. The zero-order valence-electron chi connectivity index (χ0n) is 19.2. The fourth-order valence-corrected chi connectivity index (χ4v) is 11.4. The van der Waals surface area contributed by atoms with Gasteiger partial charge in [0.05, 0.1) is 5.66 Å². The molecule has 2 atom stereocenters. The van der Waals surface area contributed by atoms with E-state index < -0.39 is 8.32 Å². The van der Waals surface area contributed by atoms with Crippen molar-refractivity contribution >= 4 is 14.0 Å². The molecule has 1 N–H and O–H groups in total. The lowest BCUT2D eigenvalue weighted by Crippen LogP contribution is -2.52. The number of aryl methyl sites for hydroxylation is 1. The van der Waals surface area contributed by atoms with Crippen molar-refractivity contribution in [1.82, 2.24) is 4.90 Å². The number of likely N-dealkylation sites (tertiary alicyclic amines) is 1. The van der Waals surface area contributed by atoms with Crippen LogP contribution in [0.5, 0.6) is 5.75 Å². The van der Waals surface area contributed by atoms with Crippen LogP contribution in [0.1, 0.15) is 72.9 Å². The van der Waals surface area contributed by atoms with Crippen molar-refractivity contribution in [2.24, 2.45) is 0 Å². The summed E-state index contributed by atoms with van der Waals surface area (Å²) in [7, 11) is 0.296. The molecule has 0 amide bonds. The Balaban J connectivity index is 2.08. The SMILES string of the molecule is Cc1cc(O[Si](C(C)C)(C(C)C)C(C)C)cc2c1NC1(C)N(C)CC[C@@]21C. The van der Waals surface area contributed by atoms with Gasteiger partial charge in [0, 0.05) is 17.6 Å². The predicted molar refractivity (Wildman–Crippen MR) is 119 cm³/mol. The van der Waals surface area contributed by atoms with E-state index in [0.717, 1.165) is 12.3 Å². The Morgan fingerprint density at radius 2 is 1.59 bits per heavy atom. The molecule has 1 aromatic carbocycles. The Labute approximate surface area is 168 Å². The highest BCUT2D eigenvalue weighted by atomic mass is 28.4. The minimum absolute atomic E-state index is 0.0125. The molecular formula is C23H40N2OSi. The smallest absolute Gasteiger partial charge is 0.258 e. The van der Waals surface area contributed by atoms with Gasteiger partial charge in [-0.3, -0.25) is 4.90 Å². The Bertz CT molecular complexity index is 708. The highest BCUT2D eigenvalue weighted by Crippen LogP contribution is 2.56. The molecule has 0 spiro atoms. The van der Waals surface area contributed by atoms with Gasteiger partial charge in [0.15, 0.2) is 0 Å². The lowest BCUT2D eigenvalue weighted by Gasteiger charge is -2.42. The van der Waals surface area contributed by atoms with Crippen LogP contribution in [0.25, 0.3) is 0 Å². The predicted octanol–water partition coefficient (Wildman–Crippen LogP) is 6.28. The van der Waals surface area contributed by atoms with Gasteiger partial charge in [0.2, 0.25) is 0 Å². The standard InChI is InChI=1S/C23H40N2OSi/c1-15(2)27(16(3)4,17(5)6)26-19-13-18(7)21-20(14-19)22(8)11-12-25(10)23(22,9)24-21/h13-17,24H,11-12H2,1-10H3/t22-,23?/m0/s1. The van der Waals surface area contributed by atoms with Crippen LogP contribution in [0, 0.1) is 6.92 Å². The molecule has 1 unspecified atom stereocenters. The van der Waals surface area contributed by atoms with E-state index in [-0.39, 0.29) is 11.1 Å². The number of fused-ring (bicyclic) bond motifs is 3. The number of nitrogens with one attached hydrogen (secondary N) is 1. The van der Waals surface area contributed by atoms with Gasteiger partial charge in [-0.05, 0) is 67.2 Å². The Hall–Kier alpha value is -1.00. The number of rotatable bonds is 5. The zero-order valence-corrected chi connectivity index (χ0v) is 20.2. The van der Waals surface area contributed by atoms with Gasteiger partial charge in [-0.25, -0.2) is 0 Å². The highest BCUT2D eigenvalue weighted by molar-refractivity contribution is 6.78. The second-order valence-electron chi connectivity index (χ2n) is 10.3. The van der Waals surface area contributed by atoms with Crippen LogP contribution in [0.2, 0.25) is 16.6 Å². The van der Waals surface area contributed by atoms with Crippen LogP contribution in [0.3, 0.4) is 0 Å². The van der Waals surface area contributed by atoms with Crippen LogP contribution in [0.15, 0.2) is 12.1 Å². The van der Waals surface area contributed by atoms with Crippen molar-refractivity contribution in [2.75, 3.05) is 18.9 Å². The maximum absolute atomic E-state index is 7.04. The second kappa shape index (κ2) is 6.52. The topological polar surface area (TPSA) is 24.5 Å². The number of hydrogen-bond donors (Lipinski definition) is 1. The van der Waals surface area contributed by atoms with E-state index in [0.29, 0.717) is 16.6 Å². The van der Waals surface area contributed by atoms with Crippen molar-refractivity contribution < 1.29 is 4.43 Å². The molecule has 2 aliphatic heterocycles. The van der Waals surface area contributed by atoms with Crippen molar-refractivity contribution in [3.63, 3.8) is 0 Å². The van der Waals surface area contributed by atoms with Gasteiger partial charge < -0.3 is 9.74 Å². The van der Waals surface area contributed by atoms with Crippen LogP contribution in [-0.4, -0.2) is 32.5 Å². The average Bonchev–Trinajstić information content (AvgIpc) is 2.92. The summed E-state index contributed by atoms with van der Waals surface area (Å²) in [4.78, 5) is 2.47. The first-order valence-corrected chi connectivity index (χ1v) is 12.9. The van der Waals surface area contributed by atoms with Crippen molar-refractivity contribution in [3.05, 3.63) is 23.3 Å². The van der Waals surface area contributed by atoms with Gasteiger partial charge in [-0.15, -0.1) is 0 Å². The molecule has 0 bridgehead atoms. The molecule has 4 heteroatoms. The van der Waals surface area contributed by atoms with E-state index in [2.05, 4.69) is 91.7 Å². The number of benzene rings is 1. The van der Waals surface area contributed by atoms with Gasteiger partial charge in [-0.1, -0.05) is 48.5 Å². The normalized spacial score (nSPS) is 28.0. The van der Waals surface area contributed by atoms with Crippen molar-refractivity contribution in [1.29, 1.82) is 0 Å². The molecule has 27 heavy (non-hydrogen) atoms. The summed E-state index contributed by atoms with van der Waals surface area (Å²) in [6.07, 6.45) is 1.18. The molecule has 3 rings (SSSR count). The Morgan fingerprint density at radius 3 is 2.11 bits per heavy atom. The molecule has 2 aliphatic rings. The van der Waals surface area contributed by atoms with Crippen LogP contribution < -0.4 is 9.74 Å². The summed E-state index contributed by atoms with van der Waals surface area (Å²) >= 11 is 0. The summed E-state index contributed by atoms with van der Waals surface area (Å²) in [5.74, 6) is 1.09. The van der Waals surface area contributed by atoms with E-state index in [1.165, 1.54) is 23.2 Å². The number of likely N-dealkylation sites (N-methyl/N-ethyl adjacent to an activating group) is 1. The lowest BCUT2D eigenvalue weighted by atomic mass is 9.75. The molecule has 0 radical (unpaired) electrons. The molecule has 2 heterocycles. The maximum atomic E-state index is 7.04. The summed E-state index contributed by atoms with van der Waals surface area (Å²) in [5, 5.41) is 3.87. The molecule has 1 fully saturated rings. The summed E-state index contributed by atoms with van der Waals surface area (Å²) in [5.41, 5.74) is 5.95. The second-order valence-corrected chi connectivity index (χ2v) is 15.7. The van der Waals surface area contributed by atoms with E-state index >= 15 is 0 Å². The number of anilines is 1. The fourth-order valence-electron chi connectivity index (χ4n) is 6.13. The minimum Gasteiger partial charge on any atom is -0.543 e. The third-order valence-corrected chi connectivity index (χ3v) is 14.1. The van der Waals surface area contributed by atoms with E-state index in [1.807, 2.05) is 0 Å². The molecule has 3 nitrogen and oxygen atoms in total. The molecule has 152 valence electrons. The van der Waals surface area contributed by atoms with Crippen LogP contribution in [-0.2, 0) is 5.41 Å². The Morgan fingerprint density at radius 1 is 1.04 bits per heavy atom. The van der Waals surface area contributed by atoms with Crippen LogP contribution in [0.4, 0.5) is 5.69 Å². The first kappa shape index (κ1) is 20.7. The van der Waals surface area contributed by atoms with Crippen molar-refractivity contribution in [3.8, 4) is 5.75 Å². The third kappa shape index (κ3) is 2.70. The highest BCUT2D eigenvalue weighted by Gasteiger charge is 2.58. The van der Waals surface area contributed by atoms with Gasteiger partial charge in [0.25, 0.3) is 8.32 Å². The quantitative estimate of drug-likeness (QED) is 0.600. The molecule has 1 aromatic rings. The molecule has 0 saturated carbocycles. The average molecular weight is 389 g/mol. The molecule has 1 saturated heterocycles. The van der Waals surface area contributed by atoms with E-state index in [1.54, 1.807) is 0 Å². The lowest BCUT2D eigenvalue weighted by molar-refractivity contribution is 0.178. The number of hydrogen-bond acceptors (Lipinski definition) is 3. The zero-order chi connectivity index (χ0) is 20.4. The van der Waals surface area contributed by atoms with E-state index in [4.69, 9.17) is 4.43 Å². The Kier molecular flexibility index (Phi) is 5.00. The monoisotopic (exact) mass is 388 g/mol. The minimum atomic E-state index is -1.94. The van der Waals surface area contributed by atoms with E-state index in [9.17, 15) is 0 Å². The largest absolute Gasteiger partial charge is 0.543 e. The van der Waals surface area contributed by atoms with Gasteiger partial charge >= 0.3 is 0 Å². The summed E-state index contributed by atoms with van der Waals surface area (Å²) in [6, 6.07) is 4.64. The van der Waals surface area contributed by atoms with Gasteiger partial charge in [-0.2, -0.15) is 0 Å². The van der Waals surface area contributed by atoms with Crippen molar-refractivity contribution in [2.45, 2.75) is 96.4 Å². The number of nitrogens with zero attached hydrogens (tertiary/aromatic N) is 1. The fraction of sp³-hybridized carbons (Fsp3) is 0.739. The summed E-state index contributed by atoms with van der Waals surface area (Å²) in [6.45, 7) is 22.3. The maximum Gasteiger partial charge on any atom is 0.258 e. The van der Waals surface area contributed by atoms with Crippen LogP contribution >= 0.6 is 0 Å². The molecule has 0 aliphatic carbocycles. The summed E-state index contributed by atoms with van der Waals surface area (Å²) < 4.78 is 7.04. The van der Waals surface area contributed by atoms with Gasteiger partial charge in [0.1, 0.15) is 5.75 Å². The first-order valence-electron chi connectivity index (χ1n) is 10.7. The third-order valence-electron chi connectivity index (χ3n) is 8.06. The molecular weight excluding hydrogens is 348 g/mol.